The minimum Gasteiger partial charge on any atom is -0.454 e. The molecule has 2 N–H and O–H groups in total. The fourth-order valence-electron chi connectivity index (χ4n) is 1.72. The standard InChI is InChI=1S/C15H12BrFN2O/c1-9(19)12-4-3-11(7-13(12)16)20-15-5-2-10(8-18)6-14(15)17/h2-7,9H,19H2,1H3/t9-/m1/s1. The van der Waals surface area contributed by atoms with Crippen molar-refractivity contribution in [1.29, 1.82) is 5.26 Å². The molecule has 20 heavy (non-hydrogen) atoms. The summed E-state index contributed by atoms with van der Waals surface area (Å²) in [4.78, 5) is 0. The van der Waals surface area contributed by atoms with E-state index in [-0.39, 0.29) is 17.4 Å². The van der Waals surface area contributed by atoms with Gasteiger partial charge in [0.1, 0.15) is 5.75 Å². The number of halogens is 2. The Morgan fingerprint density at radius 1 is 1.30 bits per heavy atom. The van der Waals surface area contributed by atoms with Crippen molar-refractivity contribution >= 4 is 15.9 Å². The second-order valence-corrected chi connectivity index (χ2v) is 5.19. The zero-order chi connectivity index (χ0) is 14.7. The SMILES string of the molecule is C[C@@H](N)c1ccc(Oc2ccc(C#N)cc2F)cc1Br. The van der Waals surface area contributed by atoms with Crippen LogP contribution >= 0.6 is 15.9 Å². The lowest BCUT2D eigenvalue weighted by molar-refractivity contribution is 0.441. The molecule has 102 valence electrons. The Kier molecular flexibility index (Phi) is 4.38. The summed E-state index contributed by atoms with van der Waals surface area (Å²) >= 11 is 3.41. The number of hydrogen-bond donors (Lipinski definition) is 1. The van der Waals surface area contributed by atoms with Crippen LogP contribution in [0.1, 0.15) is 24.1 Å². The van der Waals surface area contributed by atoms with Crippen molar-refractivity contribution in [3.63, 3.8) is 0 Å². The van der Waals surface area contributed by atoms with E-state index in [0.29, 0.717) is 5.75 Å². The highest BCUT2D eigenvalue weighted by molar-refractivity contribution is 9.10. The zero-order valence-electron chi connectivity index (χ0n) is 10.7. The fraction of sp³-hybridized carbons (Fsp3) is 0.133. The van der Waals surface area contributed by atoms with Crippen molar-refractivity contribution in [3.05, 3.63) is 57.8 Å². The molecule has 0 spiro atoms. The molecule has 0 saturated carbocycles. The van der Waals surface area contributed by atoms with Crippen molar-refractivity contribution in [1.82, 2.24) is 0 Å². The van der Waals surface area contributed by atoms with Gasteiger partial charge >= 0.3 is 0 Å². The molecule has 0 aromatic heterocycles. The maximum Gasteiger partial charge on any atom is 0.167 e. The van der Waals surface area contributed by atoms with E-state index < -0.39 is 5.82 Å². The van der Waals surface area contributed by atoms with Crippen LogP contribution in [0.4, 0.5) is 4.39 Å². The van der Waals surface area contributed by atoms with Crippen molar-refractivity contribution in [2.45, 2.75) is 13.0 Å². The molecule has 5 heteroatoms. The molecule has 1 atom stereocenters. The van der Waals surface area contributed by atoms with Crippen molar-refractivity contribution in [2.75, 3.05) is 0 Å². The van der Waals surface area contributed by atoms with Gasteiger partial charge in [-0.15, -0.1) is 0 Å². The van der Waals surface area contributed by atoms with Gasteiger partial charge in [-0.1, -0.05) is 22.0 Å². The summed E-state index contributed by atoms with van der Waals surface area (Å²) in [5, 5.41) is 8.69. The Labute approximate surface area is 124 Å². The Morgan fingerprint density at radius 2 is 2.05 bits per heavy atom. The number of hydrogen-bond acceptors (Lipinski definition) is 3. The molecular weight excluding hydrogens is 323 g/mol. The van der Waals surface area contributed by atoms with Crippen LogP contribution in [-0.4, -0.2) is 0 Å². The molecule has 3 nitrogen and oxygen atoms in total. The smallest absolute Gasteiger partial charge is 0.167 e. The normalized spacial score (nSPS) is 11.8. The van der Waals surface area contributed by atoms with Gasteiger partial charge in [0.05, 0.1) is 11.6 Å². The molecule has 0 aliphatic heterocycles. The van der Waals surface area contributed by atoms with Gasteiger partial charge in [0.2, 0.25) is 0 Å². The quantitative estimate of drug-likeness (QED) is 0.911. The topological polar surface area (TPSA) is 59.0 Å². The van der Waals surface area contributed by atoms with Crippen LogP contribution < -0.4 is 10.5 Å². The van der Waals surface area contributed by atoms with Gasteiger partial charge in [0.25, 0.3) is 0 Å². The first-order valence-electron chi connectivity index (χ1n) is 5.94. The molecule has 0 aliphatic rings. The van der Waals surface area contributed by atoms with Gasteiger partial charge in [-0.05, 0) is 42.8 Å². The Bertz CT molecular complexity index is 680. The van der Waals surface area contributed by atoms with Crippen LogP contribution in [0.25, 0.3) is 0 Å². The highest BCUT2D eigenvalue weighted by atomic mass is 79.9. The highest BCUT2D eigenvalue weighted by Crippen LogP contribution is 2.30. The van der Waals surface area contributed by atoms with Gasteiger partial charge in [0, 0.05) is 10.5 Å². The lowest BCUT2D eigenvalue weighted by Crippen LogP contribution is -2.05. The molecule has 0 heterocycles. The van der Waals surface area contributed by atoms with E-state index in [4.69, 9.17) is 15.7 Å². The van der Waals surface area contributed by atoms with Crippen LogP contribution in [0.5, 0.6) is 11.5 Å². The molecule has 0 amide bonds. The van der Waals surface area contributed by atoms with Crippen LogP contribution in [0.3, 0.4) is 0 Å². The molecule has 0 radical (unpaired) electrons. The number of nitrogens with two attached hydrogens (primary N) is 1. The minimum atomic E-state index is -0.573. The van der Waals surface area contributed by atoms with Crippen LogP contribution in [-0.2, 0) is 0 Å². The first kappa shape index (κ1) is 14.5. The maximum atomic E-state index is 13.7. The van der Waals surface area contributed by atoms with Gasteiger partial charge in [-0.25, -0.2) is 4.39 Å². The summed E-state index contributed by atoms with van der Waals surface area (Å²) in [5.74, 6) is -0.00854. The molecule has 0 saturated heterocycles. The van der Waals surface area contributed by atoms with E-state index in [9.17, 15) is 4.39 Å². The van der Waals surface area contributed by atoms with E-state index in [1.807, 2.05) is 19.1 Å². The van der Waals surface area contributed by atoms with Crippen molar-refractivity contribution in [2.24, 2.45) is 5.73 Å². The number of benzene rings is 2. The van der Waals surface area contributed by atoms with Crippen LogP contribution in [0, 0.1) is 17.1 Å². The molecule has 2 rings (SSSR count). The van der Waals surface area contributed by atoms with Crippen molar-refractivity contribution in [3.8, 4) is 17.6 Å². The summed E-state index contributed by atoms with van der Waals surface area (Å²) in [7, 11) is 0. The Morgan fingerprint density at radius 3 is 2.60 bits per heavy atom. The number of rotatable bonds is 3. The predicted molar refractivity (Wildman–Crippen MR) is 77.9 cm³/mol. The number of nitriles is 1. The fourth-order valence-corrected chi connectivity index (χ4v) is 2.44. The van der Waals surface area contributed by atoms with Gasteiger partial charge in [-0.3, -0.25) is 0 Å². The molecule has 0 aliphatic carbocycles. The minimum absolute atomic E-state index is 0.0736. The number of ether oxygens (including phenoxy) is 1. The third-order valence-electron chi connectivity index (χ3n) is 2.75. The second-order valence-electron chi connectivity index (χ2n) is 4.33. The summed E-state index contributed by atoms with van der Waals surface area (Å²) in [6.07, 6.45) is 0. The van der Waals surface area contributed by atoms with E-state index in [1.165, 1.54) is 12.1 Å². The lowest BCUT2D eigenvalue weighted by Gasteiger charge is -2.11. The van der Waals surface area contributed by atoms with Crippen LogP contribution in [0.2, 0.25) is 0 Å². The summed E-state index contributed by atoms with van der Waals surface area (Å²) in [5.41, 5.74) is 7.01. The van der Waals surface area contributed by atoms with Gasteiger partial charge in [0.15, 0.2) is 11.6 Å². The van der Waals surface area contributed by atoms with Gasteiger partial charge in [-0.2, -0.15) is 5.26 Å². The molecular formula is C15H12BrFN2O. The average molecular weight is 335 g/mol. The summed E-state index contributed by atoms with van der Waals surface area (Å²) in [6.45, 7) is 1.88. The molecule has 0 unspecified atom stereocenters. The first-order valence-corrected chi connectivity index (χ1v) is 6.73. The largest absolute Gasteiger partial charge is 0.454 e. The van der Waals surface area contributed by atoms with Gasteiger partial charge < -0.3 is 10.5 Å². The monoisotopic (exact) mass is 334 g/mol. The third-order valence-corrected chi connectivity index (χ3v) is 3.44. The van der Waals surface area contributed by atoms with Crippen molar-refractivity contribution < 1.29 is 9.13 Å². The molecule has 2 aromatic rings. The van der Waals surface area contributed by atoms with Crippen LogP contribution in [0.15, 0.2) is 40.9 Å². The highest BCUT2D eigenvalue weighted by Gasteiger charge is 2.09. The van der Waals surface area contributed by atoms with E-state index in [1.54, 1.807) is 12.1 Å². The molecule has 2 aromatic carbocycles. The lowest BCUT2D eigenvalue weighted by atomic mass is 10.1. The zero-order valence-corrected chi connectivity index (χ0v) is 12.3. The van der Waals surface area contributed by atoms with E-state index >= 15 is 0 Å². The third kappa shape index (κ3) is 3.16. The predicted octanol–water partition coefficient (Wildman–Crippen LogP) is 4.27. The number of nitrogens with zero attached hydrogens (tertiary/aromatic N) is 1. The second kappa shape index (κ2) is 6.04. The summed E-state index contributed by atoms with van der Waals surface area (Å²) in [6, 6.07) is 11.1. The van der Waals surface area contributed by atoms with E-state index in [0.717, 1.165) is 16.1 Å². The average Bonchev–Trinajstić information content (AvgIpc) is 2.40. The van der Waals surface area contributed by atoms with E-state index in [2.05, 4.69) is 15.9 Å². The first-order chi connectivity index (χ1) is 9.51. The Balaban J connectivity index is 2.27. The summed E-state index contributed by atoms with van der Waals surface area (Å²) < 4.78 is 20.0. The maximum absolute atomic E-state index is 13.7. The molecule has 0 bridgehead atoms. The Hall–Kier alpha value is -1.90. The molecule has 0 fully saturated rings.